The molecule has 1 amide bonds. The SMILES string of the molecule is COC[C@H]1[C@@H](NC(=O)c2cn(CCN3CCNCC3)nn2)[C@H]2CCO[C@H]21. The number of fused-ring (bicyclic) bond motifs is 1. The Bertz CT molecular complexity index is 617. The predicted molar refractivity (Wildman–Crippen MR) is 93.8 cm³/mol. The zero-order valence-corrected chi connectivity index (χ0v) is 15.3. The molecule has 1 aromatic heterocycles. The molecule has 3 heterocycles. The summed E-state index contributed by atoms with van der Waals surface area (Å²) >= 11 is 0. The summed E-state index contributed by atoms with van der Waals surface area (Å²) in [5.74, 6) is 0.455. The third-order valence-electron chi connectivity index (χ3n) is 5.81. The molecule has 1 saturated carbocycles. The van der Waals surface area contributed by atoms with Crippen molar-refractivity contribution in [3.05, 3.63) is 11.9 Å². The van der Waals surface area contributed by atoms with Gasteiger partial charge in [0.05, 0.1) is 25.5 Å². The summed E-state index contributed by atoms with van der Waals surface area (Å²) in [5.41, 5.74) is 0.379. The number of ether oxygens (including phenoxy) is 2. The van der Waals surface area contributed by atoms with Gasteiger partial charge in [-0.05, 0) is 6.42 Å². The fourth-order valence-corrected chi connectivity index (χ4v) is 4.35. The van der Waals surface area contributed by atoms with Crippen LogP contribution in [0.2, 0.25) is 0 Å². The maximum absolute atomic E-state index is 12.6. The van der Waals surface area contributed by atoms with Crippen LogP contribution in [0.25, 0.3) is 0 Å². The molecule has 2 aliphatic heterocycles. The Hall–Kier alpha value is -1.55. The molecule has 4 rings (SSSR count). The van der Waals surface area contributed by atoms with E-state index in [1.165, 1.54) is 0 Å². The third-order valence-corrected chi connectivity index (χ3v) is 5.81. The molecule has 3 aliphatic rings. The molecule has 0 radical (unpaired) electrons. The third kappa shape index (κ3) is 3.62. The highest BCUT2D eigenvalue weighted by atomic mass is 16.5. The molecule has 144 valence electrons. The average molecular weight is 364 g/mol. The number of aromatic nitrogens is 3. The molecule has 2 saturated heterocycles. The van der Waals surface area contributed by atoms with E-state index in [2.05, 4.69) is 25.8 Å². The summed E-state index contributed by atoms with van der Waals surface area (Å²) in [6.07, 6.45) is 2.95. The van der Waals surface area contributed by atoms with Crippen LogP contribution >= 0.6 is 0 Å². The van der Waals surface area contributed by atoms with E-state index in [9.17, 15) is 4.79 Å². The van der Waals surface area contributed by atoms with Crippen LogP contribution in [-0.4, -0.2) is 91.0 Å². The molecular weight excluding hydrogens is 336 g/mol. The Morgan fingerprint density at radius 3 is 3.08 bits per heavy atom. The maximum Gasteiger partial charge on any atom is 0.273 e. The van der Waals surface area contributed by atoms with Crippen molar-refractivity contribution in [3.63, 3.8) is 0 Å². The Balaban J connectivity index is 1.30. The lowest BCUT2D eigenvalue weighted by Gasteiger charge is -2.47. The van der Waals surface area contributed by atoms with E-state index >= 15 is 0 Å². The average Bonchev–Trinajstić information content (AvgIpc) is 3.31. The number of nitrogens with zero attached hydrogens (tertiary/aromatic N) is 4. The number of hydrogen-bond donors (Lipinski definition) is 2. The number of carbonyl (C=O) groups is 1. The number of carbonyl (C=O) groups excluding carboxylic acids is 1. The zero-order chi connectivity index (χ0) is 17.9. The lowest BCUT2D eigenvalue weighted by molar-refractivity contribution is -0.0810. The van der Waals surface area contributed by atoms with Crippen LogP contribution in [0.4, 0.5) is 0 Å². The van der Waals surface area contributed by atoms with E-state index in [-0.39, 0.29) is 24.0 Å². The molecule has 0 bridgehead atoms. The van der Waals surface area contributed by atoms with Crippen LogP contribution in [0.5, 0.6) is 0 Å². The Labute approximate surface area is 153 Å². The van der Waals surface area contributed by atoms with Gasteiger partial charge in [0, 0.05) is 64.3 Å². The summed E-state index contributed by atoms with van der Waals surface area (Å²) < 4.78 is 12.8. The number of methoxy groups -OCH3 is 1. The van der Waals surface area contributed by atoms with Crippen LogP contribution < -0.4 is 10.6 Å². The van der Waals surface area contributed by atoms with Crippen LogP contribution in [0.15, 0.2) is 6.20 Å². The van der Waals surface area contributed by atoms with Gasteiger partial charge in [0.1, 0.15) is 0 Å². The Kier molecular flexibility index (Phi) is 5.49. The van der Waals surface area contributed by atoms with E-state index in [1.54, 1.807) is 18.0 Å². The minimum Gasteiger partial charge on any atom is -0.384 e. The fourth-order valence-electron chi connectivity index (χ4n) is 4.35. The van der Waals surface area contributed by atoms with Crippen molar-refractivity contribution >= 4 is 5.91 Å². The molecule has 26 heavy (non-hydrogen) atoms. The highest BCUT2D eigenvalue weighted by molar-refractivity contribution is 5.92. The largest absolute Gasteiger partial charge is 0.384 e. The van der Waals surface area contributed by atoms with Gasteiger partial charge in [0.15, 0.2) is 5.69 Å². The lowest BCUT2D eigenvalue weighted by atomic mass is 9.67. The normalized spacial score (nSPS) is 31.4. The van der Waals surface area contributed by atoms with Gasteiger partial charge in [-0.25, -0.2) is 0 Å². The first-order chi connectivity index (χ1) is 12.8. The second-order valence-electron chi connectivity index (χ2n) is 7.36. The molecule has 4 atom stereocenters. The summed E-state index contributed by atoms with van der Waals surface area (Å²) in [7, 11) is 1.69. The van der Waals surface area contributed by atoms with Crippen molar-refractivity contribution in [1.29, 1.82) is 0 Å². The van der Waals surface area contributed by atoms with Crippen LogP contribution in [-0.2, 0) is 16.0 Å². The van der Waals surface area contributed by atoms with Crippen molar-refractivity contribution in [2.24, 2.45) is 11.8 Å². The minimum atomic E-state index is -0.158. The predicted octanol–water partition coefficient (Wildman–Crippen LogP) is -1.04. The van der Waals surface area contributed by atoms with E-state index in [0.29, 0.717) is 18.2 Å². The quantitative estimate of drug-likeness (QED) is 0.638. The van der Waals surface area contributed by atoms with Crippen molar-refractivity contribution in [1.82, 2.24) is 30.5 Å². The number of hydrogen-bond acceptors (Lipinski definition) is 7. The van der Waals surface area contributed by atoms with Gasteiger partial charge >= 0.3 is 0 Å². The highest BCUT2D eigenvalue weighted by Crippen LogP contribution is 2.43. The van der Waals surface area contributed by atoms with Gasteiger partial charge in [0.25, 0.3) is 5.91 Å². The monoisotopic (exact) mass is 364 g/mol. The Morgan fingerprint density at radius 1 is 1.42 bits per heavy atom. The van der Waals surface area contributed by atoms with Crippen LogP contribution in [0.3, 0.4) is 0 Å². The zero-order valence-electron chi connectivity index (χ0n) is 15.3. The molecule has 0 aromatic carbocycles. The molecule has 0 spiro atoms. The second kappa shape index (κ2) is 7.99. The molecule has 9 heteroatoms. The molecule has 1 aliphatic carbocycles. The van der Waals surface area contributed by atoms with Crippen LogP contribution in [0.1, 0.15) is 16.9 Å². The molecule has 1 aromatic rings. The molecule has 9 nitrogen and oxygen atoms in total. The fraction of sp³-hybridized carbons (Fsp3) is 0.824. The number of amides is 1. The summed E-state index contributed by atoms with van der Waals surface area (Å²) in [6, 6.07) is 0.0981. The van der Waals surface area contributed by atoms with Crippen molar-refractivity contribution in [2.45, 2.75) is 25.1 Å². The number of nitrogens with one attached hydrogen (secondary N) is 2. The Morgan fingerprint density at radius 2 is 2.27 bits per heavy atom. The summed E-state index contributed by atoms with van der Waals surface area (Å²) in [6.45, 7) is 7.19. The van der Waals surface area contributed by atoms with Gasteiger partial charge in [-0.15, -0.1) is 5.10 Å². The van der Waals surface area contributed by atoms with Gasteiger partial charge in [-0.1, -0.05) is 5.21 Å². The van der Waals surface area contributed by atoms with Crippen molar-refractivity contribution in [2.75, 3.05) is 53.0 Å². The first kappa shape index (κ1) is 17.8. The van der Waals surface area contributed by atoms with Crippen molar-refractivity contribution < 1.29 is 14.3 Å². The van der Waals surface area contributed by atoms with Gasteiger partial charge in [-0.3, -0.25) is 14.4 Å². The second-order valence-corrected chi connectivity index (χ2v) is 7.36. The standard InChI is InChI=1S/C17H28N6O3/c1-25-11-13-15(12-2-9-26-16(12)13)19-17(24)14-10-23(21-20-14)8-7-22-5-3-18-4-6-22/h10,12-13,15-16,18H,2-9,11H2,1H3,(H,19,24)/t12-,13+,15+,16-/m1/s1. The maximum atomic E-state index is 12.6. The minimum absolute atomic E-state index is 0.0981. The molecular formula is C17H28N6O3. The van der Waals surface area contributed by atoms with Gasteiger partial charge in [-0.2, -0.15) is 0 Å². The van der Waals surface area contributed by atoms with Gasteiger partial charge in [0.2, 0.25) is 0 Å². The van der Waals surface area contributed by atoms with Crippen molar-refractivity contribution in [3.8, 4) is 0 Å². The first-order valence-corrected chi connectivity index (χ1v) is 9.51. The topological polar surface area (TPSA) is 93.5 Å². The van der Waals surface area contributed by atoms with E-state index in [0.717, 1.165) is 52.3 Å². The molecule has 2 N–H and O–H groups in total. The first-order valence-electron chi connectivity index (χ1n) is 9.51. The van der Waals surface area contributed by atoms with Crippen LogP contribution in [0, 0.1) is 11.8 Å². The summed E-state index contributed by atoms with van der Waals surface area (Å²) in [5, 5.41) is 14.6. The summed E-state index contributed by atoms with van der Waals surface area (Å²) in [4.78, 5) is 15.0. The van der Waals surface area contributed by atoms with E-state index in [4.69, 9.17) is 9.47 Å². The molecule has 0 unspecified atom stereocenters. The number of rotatable bonds is 7. The smallest absolute Gasteiger partial charge is 0.273 e. The van der Waals surface area contributed by atoms with Gasteiger partial charge < -0.3 is 20.1 Å². The highest BCUT2D eigenvalue weighted by Gasteiger charge is 2.54. The van der Waals surface area contributed by atoms with E-state index in [1.807, 2.05) is 0 Å². The number of piperazine rings is 1. The molecule has 3 fully saturated rings. The lowest BCUT2D eigenvalue weighted by Crippen LogP contribution is -2.62. The van der Waals surface area contributed by atoms with E-state index < -0.39 is 0 Å².